The van der Waals surface area contributed by atoms with Crippen molar-refractivity contribution < 1.29 is 4.79 Å². The van der Waals surface area contributed by atoms with Crippen molar-refractivity contribution in [2.45, 2.75) is 13.3 Å². The number of hydrogen-bond acceptors (Lipinski definition) is 2. The van der Waals surface area contributed by atoms with E-state index in [1.165, 1.54) is 16.8 Å². The molecule has 2 aliphatic heterocycles. The highest BCUT2D eigenvalue weighted by Gasteiger charge is 2.30. The van der Waals surface area contributed by atoms with Crippen molar-refractivity contribution in [2.24, 2.45) is 0 Å². The fraction of sp³-hybridized carbons (Fsp3) is 0.350. The third kappa shape index (κ3) is 3.07. The standard InChI is InChI=1S/C20H22ClN3O/c1-15-4-2-3-5-18(15)22-10-12-23(13-11-22)20(25)24-9-8-16-14-17(21)6-7-19(16)24/h2-7,14H,8-13H2,1H3. The largest absolute Gasteiger partial charge is 0.368 e. The van der Waals surface area contributed by atoms with Crippen LogP contribution in [-0.4, -0.2) is 43.7 Å². The summed E-state index contributed by atoms with van der Waals surface area (Å²) in [5.41, 5.74) is 4.73. The highest BCUT2D eigenvalue weighted by atomic mass is 35.5. The number of benzene rings is 2. The van der Waals surface area contributed by atoms with Crippen LogP contribution in [0.4, 0.5) is 16.2 Å². The number of nitrogens with zero attached hydrogens (tertiary/aromatic N) is 3. The molecule has 0 aromatic heterocycles. The first-order valence-corrected chi connectivity index (χ1v) is 9.17. The van der Waals surface area contributed by atoms with E-state index in [0.717, 1.165) is 49.9 Å². The number of halogens is 1. The summed E-state index contributed by atoms with van der Waals surface area (Å²) < 4.78 is 0. The van der Waals surface area contributed by atoms with Gasteiger partial charge < -0.3 is 9.80 Å². The van der Waals surface area contributed by atoms with E-state index in [4.69, 9.17) is 11.6 Å². The summed E-state index contributed by atoms with van der Waals surface area (Å²) in [6.45, 7) is 6.14. The van der Waals surface area contributed by atoms with Gasteiger partial charge in [-0.3, -0.25) is 4.90 Å². The van der Waals surface area contributed by atoms with Crippen molar-refractivity contribution >= 4 is 29.0 Å². The number of piperazine rings is 1. The number of urea groups is 1. The number of para-hydroxylation sites is 1. The molecule has 0 bridgehead atoms. The van der Waals surface area contributed by atoms with Gasteiger partial charge in [0.1, 0.15) is 0 Å². The number of aryl methyl sites for hydroxylation is 1. The summed E-state index contributed by atoms with van der Waals surface area (Å²) in [7, 11) is 0. The minimum atomic E-state index is 0.116. The third-order valence-electron chi connectivity index (χ3n) is 5.17. The van der Waals surface area contributed by atoms with E-state index in [2.05, 4.69) is 36.1 Å². The average molecular weight is 356 g/mol. The number of fused-ring (bicyclic) bond motifs is 1. The van der Waals surface area contributed by atoms with E-state index in [0.29, 0.717) is 0 Å². The van der Waals surface area contributed by atoms with E-state index in [1.807, 2.05) is 28.0 Å². The Morgan fingerprint density at radius 1 is 0.960 bits per heavy atom. The number of rotatable bonds is 1. The molecule has 0 atom stereocenters. The van der Waals surface area contributed by atoms with Gasteiger partial charge in [0, 0.05) is 49.1 Å². The molecule has 0 saturated carbocycles. The lowest BCUT2D eigenvalue weighted by atomic mass is 10.1. The average Bonchev–Trinajstić information content (AvgIpc) is 3.04. The summed E-state index contributed by atoms with van der Waals surface area (Å²) in [5.74, 6) is 0. The van der Waals surface area contributed by atoms with Gasteiger partial charge in [-0.05, 0) is 48.7 Å². The molecule has 130 valence electrons. The quantitative estimate of drug-likeness (QED) is 0.774. The van der Waals surface area contributed by atoms with Crippen molar-refractivity contribution in [1.82, 2.24) is 4.90 Å². The molecule has 1 saturated heterocycles. The van der Waals surface area contributed by atoms with Gasteiger partial charge in [0.25, 0.3) is 0 Å². The number of carbonyl (C=O) groups is 1. The first-order chi connectivity index (χ1) is 12.1. The van der Waals surface area contributed by atoms with Crippen LogP contribution in [0.1, 0.15) is 11.1 Å². The monoisotopic (exact) mass is 355 g/mol. The van der Waals surface area contributed by atoms with E-state index in [-0.39, 0.29) is 6.03 Å². The molecule has 4 rings (SSSR count). The Balaban J connectivity index is 1.44. The molecule has 4 nitrogen and oxygen atoms in total. The number of hydrogen-bond donors (Lipinski definition) is 0. The molecule has 2 heterocycles. The minimum Gasteiger partial charge on any atom is -0.368 e. The Labute approximate surface area is 153 Å². The second-order valence-electron chi connectivity index (χ2n) is 6.72. The van der Waals surface area contributed by atoms with E-state index < -0.39 is 0 Å². The SMILES string of the molecule is Cc1ccccc1N1CCN(C(=O)N2CCc3cc(Cl)ccc32)CC1. The molecule has 2 aromatic carbocycles. The number of carbonyl (C=O) groups excluding carboxylic acids is 1. The van der Waals surface area contributed by atoms with Crippen LogP contribution in [-0.2, 0) is 6.42 Å². The number of anilines is 2. The zero-order valence-electron chi connectivity index (χ0n) is 14.4. The predicted molar refractivity (Wildman–Crippen MR) is 103 cm³/mol. The molecule has 25 heavy (non-hydrogen) atoms. The van der Waals surface area contributed by atoms with Crippen molar-refractivity contribution in [2.75, 3.05) is 42.5 Å². The Morgan fingerprint density at radius 2 is 1.72 bits per heavy atom. The Kier molecular flexibility index (Phi) is 4.30. The Morgan fingerprint density at radius 3 is 2.48 bits per heavy atom. The summed E-state index contributed by atoms with van der Waals surface area (Å²) >= 11 is 6.07. The van der Waals surface area contributed by atoms with Gasteiger partial charge in [-0.25, -0.2) is 4.79 Å². The molecular formula is C20H22ClN3O. The fourth-order valence-electron chi connectivity index (χ4n) is 3.80. The van der Waals surface area contributed by atoms with Crippen LogP contribution in [0.5, 0.6) is 0 Å². The van der Waals surface area contributed by atoms with Crippen LogP contribution in [0.15, 0.2) is 42.5 Å². The van der Waals surface area contributed by atoms with Gasteiger partial charge in [0.2, 0.25) is 0 Å². The zero-order valence-corrected chi connectivity index (χ0v) is 15.2. The van der Waals surface area contributed by atoms with Crippen LogP contribution >= 0.6 is 11.6 Å². The maximum absolute atomic E-state index is 13.0. The van der Waals surface area contributed by atoms with Crippen LogP contribution in [0.3, 0.4) is 0 Å². The predicted octanol–water partition coefficient (Wildman–Crippen LogP) is 3.95. The lowest BCUT2D eigenvalue weighted by molar-refractivity contribution is 0.201. The maximum atomic E-state index is 13.0. The summed E-state index contributed by atoms with van der Waals surface area (Å²) in [5, 5.41) is 0.736. The van der Waals surface area contributed by atoms with Crippen LogP contribution in [0.2, 0.25) is 5.02 Å². The minimum absolute atomic E-state index is 0.116. The van der Waals surface area contributed by atoms with Crippen LogP contribution in [0, 0.1) is 6.92 Å². The molecule has 0 unspecified atom stereocenters. The number of amides is 2. The topological polar surface area (TPSA) is 26.8 Å². The van der Waals surface area contributed by atoms with Gasteiger partial charge in [-0.2, -0.15) is 0 Å². The van der Waals surface area contributed by atoms with E-state index >= 15 is 0 Å². The fourth-order valence-corrected chi connectivity index (χ4v) is 3.99. The second kappa shape index (κ2) is 6.60. The Hall–Kier alpha value is -2.20. The zero-order chi connectivity index (χ0) is 17.4. The Bertz CT molecular complexity index is 799. The lowest BCUT2D eigenvalue weighted by Gasteiger charge is -2.38. The summed E-state index contributed by atoms with van der Waals surface area (Å²) in [4.78, 5) is 19.2. The summed E-state index contributed by atoms with van der Waals surface area (Å²) in [6.07, 6.45) is 0.880. The normalized spacial score (nSPS) is 17.0. The first kappa shape index (κ1) is 16.3. The molecule has 2 aliphatic rings. The molecule has 0 radical (unpaired) electrons. The molecule has 0 aliphatic carbocycles. The van der Waals surface area contributed by atoms with Crippen LogP contribution in [0.25, 0.3) is 0 Å². The lowest BCUT2D eigenvalue weighted by Crippen LogP contribution is -2.53. The summed E-state index contributed by atoms with van der Waals surface area (Å²) in [6, 6.07) is 14.4. The first-order valence-electron chi connectivity index (χ1n) is 8.79. The molecule has 0 spiro atoms. The highest BCUT2D eigenvalue weighted by Crippen LogP contribution is 2.31. The van der Waals surface area contributed by atoms with Gasteiger partial charge >= 0.3 is 6.03 Å². The molecule has 0 N–H and O–H groups in total. The third-order valence-corrected chi connectivity index (χ3v) is 5.41. The second-order valence-corrected chi connectivity index (χ2v) is 7.15. The van der Waals surface area contributed by atoms with Crippen molar-refractivity contribution in [3.63, 3.8) is 0 Å². The van der Waals surface area contributed by atoms with Gasteiger partial charge in [0.15, 0.2) is 0 Å². The van der Waals surface area contributed by atoms with Crippen molar-refractivity contribution in [3.05, 3.63) is 58.6 Å². The van der Waals surface area contributed by atoms with Gasteiger partial charge in [-0.15, -0.1) is 0 Å². The molecule has 2 aromatic rings. The highest BCUT2D eigenvalue weighted by molar-refractivity contribution is 6.30. The van der Waals surface area contributed by atoms with Crippen molar-refractivity contribution in [3.8, 4) is 0 Å². The van der Waals surface area contributed by atoms with Crippen molar-refractivity contribution in [1.29, 1.82) is 0 Å². The molecule has 2 amide bonds. The molecular weight excluding hydrogens is 334 g/mol. The maximum Gasteiger partial charge on any atom is 0.324 e. The van der Waals surface area contributed by atoms with Gasteiger partial charge in [0.05, 0.1) is 0 Å². The van der Waals surface area contributed by atoms with Crippen LogP contribution < -0.4 is 9.80 Å². The van der Waals surface area contributed by atoms with E-state index in [1.54, 1.807) is 0 Å². The van der Waals surface area contributed by atoms with Gasteiger partial charge in [-0.1, -0.05) is 29.8 Å². The molecule has 1 fully saturated rings. The van der Waals surface area contributed by atoms with E-state index in [9.17, 15) is 4.79 Å². The molecule has 5 heteroatoms. The smallest absolute Gasteiger partial charge is 0.324 e.